The number of amides is 3. The molecule has 0 aromatic heterocycles. The van der Waals surface area contributed by atoms with Gasteiger partial charge in [-0.15, -0.1) is 0 Å². The third kappa shape index (κ3) is 5.07. The van der Waals surface area contributed by atoms with Crippen molar-refractivity contribution in [3.8, 4) is 0 Å². The number of hydrogen-bond acceptors (Lipinski definition) is 5. The Morgan fingerprint density at radius 3 is 2.00 bits per heavy atom. The number of rotatable bonds is 6. The summed E-state index contributed by atoms with van der Waals surface area (Å²) in [4.78, 5) is 50.4. The Kier molecular flexibility index (Phi) is 6.93. The first kappa shape index (κ1) is 24.5. The maximum atomic E-state index is 13.0. The first-order valence-corrected chi connectivity index (χ1v) is 11.3. The summed E-state index contributed by atoms with van der Waals surface area (Å²) in [5.41, 5.74) is 1.85. The zero-order valence-corrected chi connectivity index (χ0v) is 20.3. The highest BCUT2D eigenvalue weighted by Crippen LogP contribution is 2.35. The van der Waals surface area contributed by atoms with Crippen LogP contribution in [0.5, 0.6) is 0 Å². The molecule has 4 rings (SSSR count). The van der Waals surface area contributed by atoms with Crippen LogP contribution in [0.15, 0.2) is 77.5 Å². The SMILES string of the molecule is CC(=O)c1ccc(NC(=O)c2ccc(NC3=C(Cl)C(=O)N(c4cc(Cl)ccc4Cl)C3=O)cc2)cc1. The molecular formula is C25H16Cl3N3O4. The van der Waals surface area contributed by atoms with Gasteiger partial charge < -0.3 is 10.6 Å². The Labute approximate surface area is 215 Å². The van der Waals surface area contributed by atoms with Gasteiger partial charge >= 0.3 is 0 Å². The highest BCUT2D eigenvalue weighted by atomic mass is 35.5. The van der Waals surface area contributed by atoms with E-state index in [1.54, 1.807) is 48.5 Å². The van der Waals surface area contributed by atoms with E-state index in [2.05, 4.69) is 10.6 Å². The van der Waals surface area contributed by atoms with Gasteiger partial charge in [-0.2, -0.15) is 0 Å². The lowest BCUT2D eigenvalue weighted by molar-refractivity contribution is -0.120. The Morgan fingerprint density at radius 1 is 0.771 bits per heavy atom. The number of Topliss-reactive ketones (excluding diaryl/α,β-unsaturated/α-hetero) is 1. The second-order valence-corrected chi connectivity index (χ2v) is 8.74. The molecule has 176 valence electrons. The van der Waals surface area contributed by atoms with Crippen molar-refractivity contribution in [2.45, 2.75) is 6.92 Å². The molecule has 3 amide bonds. The van der Waals surface area contributed by atoms with E-state index in [-0.39, 0.29) is 33.1 Å². The van der Waals surface area contributed by atoms with Gasteiger partial charge in [0.1, 0.15) is 10.7 Å². The van der Waals surface area contributed by atoms with Crippen LogP contribution < -0.4 is 15.5 Å². The summed E-state index contributed by atoms with van der Waals surface area (Å²) >= 11 is 18.3. The Morgan fingerprint density at radius 2 is 1.37 bits per heavy atom. The molecule has 0 unspecified atom stereocenters. The number of nitrogens with zero attached hydrogens (tertiary/aromatic N) is 1. The van der Waals surface area contributed by atoms with E-state index in [1.165, 1.54) is 25.1 Å². The molecular weight excluding hydrogens is 513 g/mol. The lowest BCUT2D eigenvalue weighted by Crippen LogP contribution is -2.32. The second kappa shape index (κ2) is 9.92. The molecule has 35 heavy (non-hydrogen) atoms. The number of halogens is 3. The average molecular weight is 529 g/mol. The molecule has 0 radical (unpaired) electrons. The average Bonchev–Trinajstić information content (AvgIpc) is 3.04. The number of carbonyl (C=O) groups is 4. The summed E-state index contributed by atoms with van der Waals surface area (Å²) in [5, 5.41) is 5.73. The van der Waals surface area contributed by atoms with Crippen LogP contribution in [0.25, 0.3) is 0 Å². The molecule has 0 saturated heterocycles. The Balaban J connectivity index is 1.47. The molecule has 1 heterocycles. The lowest BCUT2D eigenvalue weighted by Gasteiger charge is -2.17. The minimum Gasteiger partial charge on any atom is -0.350 e. The molecule has 2 N–H and O–H groups in total. The highest BCUT2D eigenvalue weighted by molar-refractivity contribution is 6.54. The number of anilines is 3. The quantitative estimate of drug-likeness (QED) is 0.307. The zero-order valence-electron chi connectivity index (χ0n) is 18.1. The number of hydrogen-bond donors (Lipinski definition) is 2. The molecule has 1 aliphatic heterocycles. The van der Waals surface area contributed by atoms with Gasteiger partial charge in [-0.25, -0.2) is 4.90 Å². The number of carbonyl (C=O) groups excluding carboxylic acids is 4. The predicted molar refractivity (Wildman–Crippen MR) is 136 cm³/mol. The van der Waals surface area contributed by atoms with E-state index in [1.807, 2.05) is 0 Å². The topological polar surface area (TPSA) is 95.6 Å². The number of benzene rings is 3. The van der Waals surface area contributed by atoms with Crippen molar-refractivity contribution in [3.05, 3.63) is 98.6 Å². The van der Waals surface area contributed by atoms with Crippen molar-refractivity contribution in [1.29, 1.82) is 0 Å². The summed E-state index contributed by atoms with van der Waals surface area (Å²) in [6.07, 6.45) is 0. The first-order valence-electron chi connectivity index (χ1n) is 10.2. The molecule has 0 spiro atoms. The van der Waals surface area contributed by atoms with Gasteiger partial charge in [-0.3, -0.25) is 19.2 Å². The maximum Gasteiger partial charge on any atom is 0.283 e. The third-order valence-electron chi connectivity index (χ3n) is 5.14. The molecule has 0 bridgehead atoms. The second-order valence-electron chi connectivity index (χ2n) is 7.52. The van der Waals surface area contributed by atoms with Gasteiger partial charge in [0.25, 0.3) is 17.7 Å². The molecule has 0 aliphatic carbocycles. The minimum atomic E-state index is -0.741. The van der Waals surface area contributed by atoms with Gasteiger partial charge in [0, 0.05) is 27.5 Å². The first-order chi connectivity index (χ1) is 16.7. The molecule has 3 aromatic carbocycles. The van der Waals surface area contributed by atoms with Crippen LogP contribution in [0.2, 0.25) is 10.0 Å². The molecule has 0 saturated carbocycles. The number of ketones is 1. The largest absolute Gasteiger partial charge is 0.350 e. The number of nitrogens with one attached hydrogen (secondary N) is 2. The van der Waals surface area contributed by atoms with E-state index >= 15 is 0 Å². The van der Waals surface area contributed by atoms with Crippen molar-refractivity contribution in [1.82, 2.24) is 0 Å². The van der Waals surface area contributed by atoms with E-state index < -0.39 is 11.8 Å². The van der Waals surface area contributed by atoms with Crippen molar-refractivity contribution >= 4 is 75.4 Å². The Bertz CT molecular complexity index is 1400. The summed E-state index contributed by atoms with van der Waals surface area (Å²) in [6, 6.07) is 17.2. The standard InChI is InChI=1S/C25H16Cl3N3O4/c1-13(32)14-2-7-18(8-3-14)30-23(33)15-4-9-17(10-5-15)29-22-21(28)24(34)31(25(22)35)20-12-16(26)6-11-19(20)27/h2-12,29H,1H3,(H,30,33). The lowest BCUT2D eigenvalue weighted by atomic mass is 10.1. The fourth-order valence-electron chi connectivity index (χ4n) is 3.33. The molecule has 7 nitrogen and oxygen atoms in total. The fraction of sp³-hybridized carbons (Fsp3) is 0.0400. The van der Waals surface area contributed by atoms with Crippen molar-refractivity contribution < 1.29 is 19.2 Å². The normalized spacial score (nSPS) is 13.3. The van der Waals surface area contributed by atoms with Crippen LogP contribution in [0, 0.1) is 0 Å². The van der Waals surface area contributed by atoms with Crippen LogP contribution in [0.4, 0.5) is 17.1 Å². The summed E-state index contributed by atoms with van der Waals surface area (Å²) in [6.45, 7) is 1.46. The van der Waals surface area contributed by atoms with Gasteiger partial charge in [-0.05, 0) is 73.7 Å². The van der Waals surface area contributed by atoms with Crippen LogP contribution in [0.3, 0.4) is 0 Å². The number of imide groups is 1. The smallest absolute Gasteiger partial charge is 0.283 e. The molecule has 0 atom stereocenters. The van der Waals surface area contributed by atoms with E-state index in [4.69, 9.17) is 34.8 Å². The van der Waals surface area contributed by atoms with E-state index in [9.17, 15) is 19.2 Å². The molecule has 0 fully saturated rings. The van der Waals surface area contributed by atoms with Crippen LogP contribution in [-0.2, 0) is 9.59 Å². The molecule has 10 heteroatoms. The van der Waals surface area contributed by atoms with Crippen molar-refractivity contribution in [2.75, 3.05) is 15.5 Å². The molecule has 1 aliphatic rings. The van der Waals surface area contributed by atoms with Crippen LogP contribution >= 0.6 is 34.8 Å². The summed E-state index contributed by atoms with van der Waals surface area (Å²) in [5.74, 6) is -1.87. The fourth-order valence-corrected chi connectivity index (χ4v) is 3.91. The third-order valence-corrected chi connectivity index (χ3v) is 6.05. The van der Waals surface area contributed by atoms with Gasteiger partial charge in [-0.1, -0.05) is 34.8 Å². The van der Waals surface area contributed by atoms with Gasteiger partial charge in [0.2, 0.25) is 0 Å². The van der Waals surface area contributed by atoms with E-state index in [0.717, 1.165) is 4.90 Å². The highest BCUT2D eigenvalue weighted by Gasteiger charge is 2.40. The van der Waals surface area contributed by atoms with Crippen LogP contribution in [0.1, 0.15) is 27.6 Å². The monoisotopic (exact) mass is 527 g/mol. The van der Waals surface area contributed by atoms with Crippen molar-refractivity contribution in [3.63, 3.8) is 0 Å². The maximum absolute atomic E-state index is 13.0. The van der Waals surface area contributed by atoms with E-state index in [0.29, 0.717) is 27.5 Å². The Hall–Kier alpha value is -3.65. The summed E-state index contributed by atoms with van der Waals surface area (Å²) < 4.78 is 0. The summed E-state index contributed by atoms with van der Waals surface area (Å²) in [7, 11) is 0. The molecule has 3 aromatic rings. The zero-order chi connectivity index (χ0) is 25.3. The van der Waals surface area contributed by atoms with Gasteiger partial charge in [0.15, 0.2) is 5.78 Å². The predicted octanol–water partition coefficient (Wildman–Crippen LogP) is 5.88. The van der Waals surface area contributed by atoms with Crippen LogP contribution in [-0.4, -0.2) is 23.5 Å². The van der Waals surface area contributed by atoms with Crippen molar-refractivity contribution in [2.24, 2.45) is 0 Å². The minimum absolute atomic E-state index is 0.0672. The van der Waals surface area contributed by atoms with Gasteiger partial charge in [0.05, 0.1) is 10.7 Å².